The summed E-state index contributed by atoms with van der Waals surface area (Å²) in [5.41, 5.74) is 6.49. The van der Waals surface area contributed by atoms with Gasteiger partial charge in [0.25, 0.3) is 5.91 Å². The van der Waals surface area contributed by atoms with E-state index < -0.39 is 6.03 Å². The molecule has 0 unspecified atom stereocenters. The normalized spacial score (nSPS) is 10.1. The second kappa shape index (κ2) is 7.44. The molecule has 2 aromatic rings. The number of nitrogens with two attached hydrogens (primary N) is 1. The van der Waals surface area contributed by atoms with Crippen LogP contribution < -0.4 is 16.4 Å². The summed E-state index contributed by atoms with van der Waals surface area (Å²) in [6.45, 7) is 0.972. The summed E-state index contributed by atoms with van der Waals surface area (Å²) in [6.07, 6.45) is 0.837. The number of rotatable bonds is 6. The van der Waals surface area contributed by atoms with Crippen LogP contribution in [-0.4, -0.2) is 18.5 Å². The van der Waals surface area contributed by atoms with Gasteiger partial charge in [0.2, 0.25) is 0 Å². The zero-order valence-corrected chi connectivity index (χ0v) is 12.3. The van der Waals surface area contributed by atoms with E-state index in [1.54, 1.807) is 35.6 Å². The number of thiophene rings is 1. The SMILES string of the molecule is NC(=O)NCc1ccc(C(=O)NCCc2cccs2)cc1. The van der Waals surface area contributed by atoms with Crippen LogP contribution in [-0.2, 0) is 13.0 Å². The Bertz CT molecular complexity index is 594. The fraction of sp³-hybridized carbons (Fsp3) is 0.200. The van der Waals surface area contributed by atoms with Gasteiger partial charge in [0.1, 0.15) is 0 Å². The van der Waals surface area contributed by atoms with Crippen LogP contribution in [0.1, 0.15) is 20.8 Å². The Hall–Kier alpha value is -2.34. The molecule has 0 fully saturated rings. The molecule has 0 aliphatic heterocycles. The van der Waals surface area contributed by atoms with Crippen molar-refractivity contribution in [3.63, 3.8) is 0 Å². The Morgan fingerprint density at radius 1 is 1.10 bits per heavy atom. The number of nitrogens with one attached hydrogen (secondary N) is 2. The van der Waals surface area contributed by atoms with Crippen LogP contribution in [0.25, 0.3) is 0 Å². The van der Waals surface area contributed by atoms with Gasteiger partial charge in [-0.15, -0.1) is 11.3 Å². The summed E-state index contributed by atoms with van der Waals surface area (Å²) >= 11 is 1.68. The quantitative estimate of drug-likeness (QED) is 0.761. The van der Waals surface area contributed by atoms with Crippen LogP contribution in [0.15, 0.2) is 41.8 Å². The van der Waals surface area contributed by atoms with Gasteiger partial charge in [-0.25, -0.2) is 4.79 Å². The Morgan fingerprint density at radius 3 is 2.48 bits per heavy atom. The maximum Gasteiger partial charge on any atom is 0.312 e. The first-order chi connectivity index (χ1) is 10.1. The number of carbonyl (C=O) groups is 2. The van der Waals surface area contributed by atoms with Gasteiger partial charge in [0, 0.05) is 23.5 Å². The first-order valence-corrected chi connectivity index (χ1v) is 7.46. The molecular weight excluding hydrogens is 286 g/mol. The van der Waals surface area contributed by atoms with Gasteiger partial charge in [0.15, 0.2) is 0 Å². The lowest BCUT2D eigenvalue weighted by Gasteiger charge is -2.06. The second-order valence-corrected chi connectivity index (χ2v) is 5.53. The molecule has 0 saturated carbocycles. The van der Waals surface area contributed by atoms with Crippen molar-refractivity contribution in [2.45, 2.75) is 13.0 Å². The standard InChI is InChI=1S/C15H17N3O2S/c16-15(20)18-10-11-3-5-12(6-4-11)14(19)17-8-7-13-2-1-9-21-13/h1-6,9H,7-8,10H2,(H,17,19)(H3,16,18,20). The molecule has 0 spiro atoms. The fourth-order valence-electron chi connectivity index (χ4n) is 1.82. The van der Waals surface area contributed by atoms with Crippen LogP contribution in [0.4, 0.5) is 4.79 Å². The van der Waals surface area contributed by atoms with E-state index in [0.717, 1.165) is 12.0 Å². The Kier molecular flexibility index (Phi) is 5.34. The highest BCUT2D eigenvalue weighted by Crippen LogP contribution is 2.08. The minimum atomic E-state index is -0.564. The highest BCUT2D eigenvalue weighted by molar-refractivity contribution is 7.09. The maximum absolute atomic E-state index is 12.0. The summed E-state index contributed by atoms with van der Waals surface area (Å²) in [7, 11) is 0. The molecule has 0 aliphatic carbocycles. The zero-order valence-electron chi connectivity index (χ0n) is 11.5. The van der Waals surface area contributed by atoms with Crippen molar-refractivity contribution in [3.8, 4) is 0 Å². The fourth-order valence-corrected chi connectivity index (χ4v) is 2.53. The van der Waals surface area contributed by atoms with Crippen LogP contribution >= 0.6 is 11.3 Å². The predicted molar refractivity (Wildman–Crippen MR) is 83.2 cm³/mol. The predicted octanol–water partition coefficient (Wildman–Crippen LogP) is 1.89. The van der Waals surface area contributed by atoms with Crippen molar-refractivity contribution in [3.05, 3.63) is 57.8 Å². The monoisotopic (exact) mass is 303 g/mol. The number of urea groups is 1. The molecule has 0 aliphatic rings. The molecule has 0 saturated heterocycles. The molecule has 2 rings (SSSR count). The Labute approximate surface area is 127 Å². The van der Waals surface area contributed by atoms with Crippen molar-refractivity contribution in [1.82, 2.24) is 10.6 Å². The number of hydrogen-bond acceptors (Lipinski definition) is 3. The number of amides is 3. The Balaban J connectivity index is 1.80. The van der Waals surface area contributed by atoms with E-state index in [1.807, 2.05) is 11.4 Å². The third-order valence-corrected chi connectivity index (χ3v) is 3.86. The zero-order chi connectivity index (χ0) is 15.1. The molecule has 1 aromatic heterocycles. The summed E-state index contributed by atoms with van der Waals surface area (Å²) in [5, 5.41) is 7.41. The minimum absolute atomic E-state index is 0.0963. The van der Waals surface area contributed by atoms with Crippen LogP contribution in [0.3, 0.4) is 0 Å². The molecule has 1 aromatic carbocycles. The molecule has 110 valence electrons. The summed E-state index contributed by atoms with van der Waals surface area (Å²) in [4.78, 5) is 23.8. The van der Waals surface area contributed by atoms with Gasteiger partial charge >= 0.3 is 6.03 Å². The second-order valence-electron chi connectivity index (χ2n) is 4.50. The topological polar surface area (TPSA) is 84.2 Å². The third kappa shape index (κ3) is 4.92. The first kappa shape index (κ1) is 15.1. The van der Waals surface area contributed by atoms with Crippen molar-refractivity contribution in [1.29, 1.82) is 0 Å². The van der Waals surface area contributed by atoms with Crippen molar-refractivity contribution in [2.75, 3.05) is 6.54 Å². The third-order valence-electron chi connectivity index (χ3n) is 2.92. The molecular formula is C15H17N3O2S. The minimum Gasteiger partial charge on any atom is -0.352 e. The van der Waals surface area contributed by atoms with E-state index in [1.165, 1.54) is 4.88 Å². The lowest BCUT2D eigenvalue weighted by atomic mass is 10.1. The van der Waals surface area contributed by atoms with Gasteiger partial charge in [-0.05, 0) is 35.6 Å². The lowest BCUT2D eigenvalue weighted by Crippen LogP contribution is -2.28. The average molecular weight is 303 g/mol. The summed E-state index contributed by atoms with van der Waals surface area (Å²) in [6, 6.07) is 10.5. The Morgan fingerprint density at radius 2 is 1.86 bits per heavy atom. The molecule has 0 atom stereocenters. The van der Waals surface area contributed by atoms with E-state index in [4.69, 9.17) is 5.73 Å². The van der Waals surface area contributed by atoms with Crippen LogP contribution in [0.5, 0.6) is 0 Å². The van der Waals surface area contributed by atoms with Gasteiger partial charge in [-0.3, -0.25) is 4.79 Å². The average Bonchev–Trinajstić information content (AvgIpc) is 2.99. The van der Waals surface area contributed by atoms with E-state index in [0.29, 0.717) is 18.7 Å². The van der Waals surface area contributed by atoms with Gasteiger partial charge in [0.05, 0.1) is 0 Å². The lowest BCUT2D eigenvalue weighted by molar-refractivity contribution is 0.0954. The summed E-state index contributed by atoms with van der Waals surface area (Å²) in [5.74, 6) is -0.0963. The first-order valence-electron chi connectivity index (χ1n) is 6.58. The molecule has 4 N–H and O–H groups in total. The molecule has 0 bridgehead atoms. The van der Waals surface area contributed by atoms with Crippen molar-refractivity contribution in [2.24, 2.45) is 5.73 Å². The van der Waals surface area contributed by atoms with Crippen molar-refractivity contribution < 1.29 is 9.59 Å². The smallest absolute Gasteiger partial charge is 0.312 e. The van der Waals surface area contributed by atoms with E-state index in [-0.39, 0.29) is 5.91 Å². The molecule has 3 amide bonds. The number of hydrogen-bond donors (Lipinski definition) is 3. The number of primary amides is 1. The highest BCUT2D eigenvalue weighted by Gasteiger charge is 2.05. The van der Waals surface area contributed by atoms with E-state index in [9.17, 15) is 9.59 Å². The molecule has 1 heterocycles. The van der Waals surface area contributed by atoms with Crippen molar-refractivity contribution >= 4 is 23.3 Å². The van der Waals surface area contributed by atoms with E-state index in [2.05, 4.69) is 16.7 Å². The largest absolute Gasteiger partial charge is 0.352 e. The van der Waals surface area contributed by atoms with Crippen LogP contribution in [0.2, 0.25) is 0 Å². The van der Waals surface area contributed by atoms with Gasteiger partial charge in [-0.1, -0.05) is 18.2 Å². The van der Waals surface area contributed by atoms with Gasteiger partial charge < -0.3 is 16.4 Å². The molecule has 5 nitrogen and oxygen atoms in total. The molecule has 0 radical (unpaired) electrons. The summed E-state index contributed by atoms with van der Waals surface area (Å²) < 4.78 is 0. The van der Waals surface area contributed by atoms with E-state index >= 15 is 0 Å². The highest BCUT2D eigenvalue weighted by atomic mass is 32.1. The molecule has 6 heteroatoms. The van der Waals surface area contributed by atoms with Gasteiger partial charge in [-0.2, -0.15) is 0 Å². The maximum atomic E-state index is 12.0. The number of carbonyl (C=O) groups excluding carboxylic acids is 2. The molecule has 21 heavy (non-hydrogen) atoms. The number of benzene rings is 1. The van der Waals surface area contributed by atoms with Crippen LogP contribution in [0, 0.1) is 0 Å².